The molecule has 490 valence electrons. The maximum Gasteiger partial charge on any atom is 0.407 e. The highest BCUT2D eigenvalue weighted by molar-refractivity contribution is 7.59. The zero-order valence-corrected chi connectivity index (χ0v) is 56.1. The van der Waals surface area contributed by atoms with Gasteiger partial charge in [0.25, 0.3) is 23.6 Å². The Morgan fingerprint density at radius 3 is 1.03 bits per heavy atom. The molecular formula is C70H91N13O8S. The lowest BCUT2D eigenvalue weighted by Crippen LogP contribution is -2.33. The lowest BCUT2D eigenvalue weighted by atomic mass is 9.96. The minimum atomic E-state index is -0.561. The number of nitrogens with one attached hydrogen (secondary N) is 6. The molecule has 0 saturated heterocycles. The monoisotopic (exact) mass is 1270 g/mol. The molecule has 0 spiro atoms. The average Bonchev–Trinajstić information content (AvgIpc) is 0.827. The highest BCUT2D eigenvalue weighted by atomic mass is 32.1. The number of benzene rings is 4. The van der Waals surface area contributed by atoms with Gasteiger partial charge in [-0.2, -0.15) is 13.5 Å². The van der Waals surface area contributed by atoms with Crippen LogP contribution < -0.4 is 49.1 Å². The van der Waals surface area contributed by atoms with Crippen LogP contribution in [0.5, 0.6) is 0 Å². The molecule has 12 N–H and O–H groups in total. The normalized spacial score (nSPS) is 11.3. The highest BCUT2D eigenvalue weighted by Gasteiger charge is 2.20. The zero-order chi connectivity index (χ0) is 67.8. The second-order valence-corrected chi connectivity index (χ2v) is 23.0. The lowest BCUT2D eigenvalue weighted by Gasteiger charge is -2.20. The third kappa shape index (κ3) is 21.8. The molecule has 0 aliphatic rings. The van der Waals surface area contributed by atoms with E-state index in [1.807, 2.05) is 100 Å². The van der Waals surface area contributed by atoms with Gasteiger partial charge in [-0.15, -0.1) is 0 Å². The van der Waals surface area contributed by atoms with Crippen molar-refractivity contribution in [1.29, 1.82) is 0 Å². The van der Waals surface area contributed by atoms with E-state index in [1.54, 1.807) is 98.0 Å². The fourth-order valence-electron chi connectivity index (χ4n) is 8.94. The van der Waals surface area contributed by atoms with E-state index in [9.17, 15) is 28.8 Å². The molecule has 8 aromatic rings. The quantitative estimate of drug-likeness (QED) is 0.0431. The van der Waals surface area contributed by atoms with Crippen LogP contribution in [0.2, 0.25) is 0 Å². The number of amides is 6. The van der Waals surface area contributed by atoms with Gasteiger partial charge in [0.1, 0.15) is 11.2 Å². The van der Waals surface area contributed by atoms with Crippen LogP contribution in [0.25, 0.3) is 54.8 Å². The van der Waals surface area contributed by atoms with E-state index in [1.165, 1.54) is 0 Å². The fraction of sp³-hybridized carbons (Fsp3) is 0.314. The molecule has 2 atom stereocenters. The predicted molar refractivity (Wildman–Crippen MR) is 376 cm³/mol. The van der Waals surface area contributed by atoms with Crippen molar-refractivity contribution < 1.29 is 38.2 Å². The van der Waals surface area contributed by atoms with Gasteiger partial charge in [-0.05, 0) is 120 Å². The first-order valence-corrected chi connectivity index (χ1v) is 29.5. The maximum atomic E-state index is 12.0. The summed E-state index contributed by atoms with van der Waals surface area (Å²) in [6.45, 7) is 30.6. The third-order valence-corrected chi connectivity index (χ3v) is 13.6. The summed E-state index contributed by atoms with van der Waals surface area (Å²) < 4.78 is 10.2. The summed E-state index contributed by atoms with van der Waals surface area (Å²) in [5.74, 6) is -0.0536. The number of nitrogens with zero attached hydrogens (tertiary/aromatic N) is 4. The van der Waals surface area contributed by atoms with E-state index in [-0.39, 0.29) is 55.5 Å². The van der Waals surface area contributed by atoms with E-state index in [0.717, 1.165) is 71.5 Å². The van der Waals surface area contributed by atoms with Crippen molar-refractivity contribution in [3.05, 3.63) is 192 Å². The standard InChI is InChI=1S/C19H23N3O3.2C14H17N3O.C14H15N3O.C9H17NO2.H2S/c1-12(11-22-18(24)25-19(2,3)4)13-7-6-8-14-15(17(23)20-5)9-10-21-16(13)14;3*1-9(8-15)10-4-3-5-11-12(14(18)16-2)6-7-17-13(10)11;1-7(2)6-10-8(11)12-9(3,4)5;/h6-10H,1,11H2,2-5H3,(H,20,23)(H,22,24);2*3-7,9H,8,15H2,1-2H3,(H,16,18);3-7H,1,8,15H2,2H3,(H,16,18);1,6H2,2-5H3,(H,10,11);1H2/t;9-;;;;/m.1..../s1. The molecule has 0 aliphatic carbocycles. The molecule has 92 heavy (non-hydrogen) atoms. The molecule has 0 radical (unpaired) electrons. The number of pyridine rings is 4. The van der Waals surface area contributed by atoms with Crippen molar-refractivity contribution in [2.24, 2.45) is 17.2 Å². The number of aromatic nitrogens is 4. The van der Waals surface area contributed by atoms with Crippen LogP contribution in [0.3, 0.4) is 0 Å². The third-order valence-electron chi connectivity index (χ3n) is 13.6. The molecule has 6 amide bonds. The summed E-state index contributed by atoms with van der Waals surface area (Å²) >= 11 is 0. The molecule has 1 unspecified atom stereocenters. The predicted octanol–water partition coefficient (Wildman–Crippen LogP) is 10.2. The maximum absolute atomic E-state index is 12.0. The topological polar surface area (TPSA) is 323 Å². The Kier molecular flexibility index (Phi) is 30.2. The van der Waals surface area contributed by atoms with Gasteiger partial charge in [0, 0.05) is 105 Å². The molecule has 0 fully saturated rings. The van der Waals surface area contributed by atoms with Crippen LogP contribution in [0, 0.1) is 0 Å². The van der Waals surface area contributed by atoms with E-state index in [2.05, 4.69) is 85.4 Å². The first-order chi connectivity index (χ1) is 43.1. The van der Waals surface area contributed by atoms with E-state index in [4.69, 9.17) is 26.7 Å². The smallest absolute Gasteiger partial charge is 0.407 e. The van der Waals surface area contributed by atoms with Crippen molar-refractivity contribution >= 4 is 104 Å². The Morgan fingerprint density at radius 1 is 0.446 bits per heavy atom. The molecular weight excluding hydrogens is 1180 g/mol. The summed E-state index contributed by atoms with van der Waals surface area (Å²) in [6, 6.07) is 29.8. The number of hydrogen-bond donors (Lipinski definition) is 9. The molecule has 8 rings (SSSR count). The van der Waals surface area contributed by atoms with Gasteiger partial charge in [0.15, 0.2) is 0 Å². The van der Waals surface area contributed by atoms with Crippen molar-refractivity contribution in [3.63, 3.8) is 0 Å². The Bertz CT molecular complexity index is 3760. The SMILES string of the molecule is C=C(C)CNC(=O)OC(C)(C)C.C=C(CN)c1cccc2c(C(=O)NC)ccnc12.C=C(CNC(=O)OC(C)(C)C)c1cccc2c(C(=O)NC)ccnc12.CNC(=O)c1ccnc2c(C(C)CN)cccc12.CNC(=O)c1ccnc2c([C@H](C)CN)cccc12.S. The molecule has 4 heterocycles. The van der Waals surface area contributed by atoms with Crippen LogP contribution in [0.15, 0.2) is 147 Å². The minimum absolute atomic E-state index is 0. The molecule has 0 saturated carbocycles. The summed E-state index contributed by atoms with van der Waals surface area (Å²) in [6.07, 6.45) is 5.64. The van der Waals surface area contributed by atoms with Gasteiger partial charge in [0.05, 0.1) is 44.3 Å². The van der Waals surface area contributed by atoms with Gasteiger partial charge in [-0.3, -0.25) is 39.1 Å². The molecule has 21 nitrogen and oxygen atoms in total. The van der Waals surface area contributed by atoms with E-state index < -0.39 is 23.4 Å². The number of carbonyl (C=O) groups is 6. The Balaban J connectivity index is 0.000000305. The highest BCUT2D eigenvalue weighted by Crippen LogP contribution is 2.29. The van der Waals surface area contributed by atoms with Gasteiger partial charge in [-0.25, -0.2) is 9.59 Å². The number of hydrogen-bond acceptors (Lipinski definition) is 15. The number of rotatable bonds is 15. The van der Waals surface area contributed by atoms with E-state index >= 15 is 0 Å². The van der Waals surface area contributed by atoms with Crippen LogP contribution in [-0.2, 0) is 9.47 Å². The molecule has 22 heteroatoms. The zero-order valence-electron chi connectivity index (χ0n) is 55.1. The van der Waals surface area contributed by atoms with Crippen molar-refractivity contribution in [2.75, 3.05) is 60.9 Å². The number of fused-ring (bicyclic) bond motifs is 4. The minimum Gasteiger partial charge on any atom is -0.444 e. The first-order valence-electron chi connectivity index (χ1n) is 29.5. The van der Waals surface area contributed by atoms with Crippen molar-refractivity contribution in [1.82, 2.24) is 51.8 Å². The first kappa shape index (κ1) is 76.6. The second kappa shape index (κ2) is 36.3. The fourth-order valence-corrected chi connectivity index (χ4v) is 8.94. The summed E-state index contributed by atoms with van der Waals surface area (Å²) in [7, 11) is 6.45. The molecule has 4 aromatic heterocycles. The van der Waals surface area contributed by atoms with Gasteiger partial charge >= 0.3 is 12.2 Å². The van der Waals surface area contributed by atoms with Crippen LogP contribution in [-0.4, -0.2) is 128 Å². The number of ether oxygens (including phenoxy) is 2. The van der Waals surface area contributed by atoms with Gasteiger partial charge in [0.2, 0.25) is 0 Å². The lowest BCUT2D eigenvalue weighted by molar-refractivity contribution is 0.0522. The molecule has 0 bridgehead atoms. The number of nitrogens with two attached hydrogens (primary N) is 3. The summed E-state index contributed by atoms with van der Waals surface area (Å²) in [5, 5.41) is 19.1. The Hall–Kier alpha value is -9.61. The van der Waals surface area contributed by atoms with Gasteiger partial charge < -0.3 is 58.6 Å². The number of alkyl carbamates (subject to hydrolysis) is 2. The number of para-hydroxylation sites is 4. The summed E-state index contributed by atoms with van der Waals surface area (Å²) in [5.41, 5.74) is 27.9. The Morgan fingerprint density at radius 2 is 0.739 bits per heavy atom. The van der Waals surface area contributed by atoms with Crippen LogP contribution in [0.4, 0.5) is 9.59 Å². The Labute approximate surface area is 546 Å². The largest absolute Gasteiger partial charge is 0.444 e. The van der Waals surface area contributed by atoms with Crippen molar-refractivity contribution in [2.45, 2.75) is 85.4 Å². The molecule has 0 aliphatic heterocycles. The molecule has 4 aromatic carbocycles. The van der Waals surface area contributed by atoms with E-state index in [0.29, 0.717) is 59.5 Å². The number of carbonyl (C=O) groups excluding carboxylic acids is 6. The van der Waals surface area contributed by atoms with Gasteiger partial charge in [-0.1, -0.05) is 112 Å². The second-order valence-electron chi connectivity index (χ2n) is 23.0. The van der Waals surface area contributed by atoms with Crippen molar-refractivity contribution in [3.8, 4) is 0 Å². The van der Waals surface area contributed by atoms with Crippen LogP contribution in [0.1, 0.15) is 138 Å². The average molecular weight is 1270 g/mol. The summed E-state index contributed by atoms with van der Waals surface area (Å²) in [4.78, 5) is 87.7. The van der Waals surface area contributed by atoms with Crippen LogP contribution >= 0.6 is 13.5 Å².